The molecule has 170 valence electrons. The van der Waals surface area contributed by atoms with Crippen LogP contribution in [0.5, 0.6) is 0 Å². The van der Waals surface area contributed by atoms with Gasteiger partial charge >= 0.3 is 0 Å². The number of guanidine groups is 1. The third kappa shape index (κ3) is 6.65. The molecule has 0 aliphatic carbocycles. The molecule has 2 aliphatic rings. The van der Waals surface area contributed by atoms with Gasteiger partial charge in [-0.05, 0) is 44.9 Å². The molecular formula is C21H34F2IN5O. The number of para-hydroxylation sites is 1. The van der Waals surface area contributed by atoms with Gasteiger partial charge in [-0.15, -0.1) is 24.0 Å². The summed E-state index contributed by atoms with van der Waals surface area (Å²) in [7, 11) is 1.73. The topological polar surface area (TPSA) is 52.1 Å². The van der Waals surface area contributed by atoms with Crippen molar-refractivity contribution >= 4 is 35.6 Å². The van der Waals surface area contributed by atoms with Gasteiger partial charge in [-0.25, -0.2) is 8.78 Å². The van der Waals surface area contributed by atoms with Crippen LogP contribution in [0.3, 0.4) is 0 Å². The summed E-state index contributed by atoms with van der Waals surface area (Å²) in [5.41, 5.74) is 0.0680. The molecule has 0 bridgehead atoms. The number of nitrogens with zero attached hydrogens (tertiary/aromatic N) is 3. The van der Waals surface area contributed by atoms with E-state index in [9.17, 15) is 8.78 Å². The summed E-state index contributed by atoms with van der Waals surface area (Å²) in [6.07, 6.45) is 3.15. The average Bonchev–Trinajstić information content (AvgIpc) is 3.34. The summed E-state index contributed by atoms with van der Waals surface area (Å²) in [5.74, 6) is -0.251. The third-order valence-corrected chi connectivity index (χ3v) is 5.67. The molecule has 2 saturated heterocycles. The first-order chi connectivity index (χ1) is 14.1. The second kappa shape index (κ2) is 12.6. The minimum absolute atomic E-state index is 0. The molecular weight excluding hydrogens is 503 g/mol. The predicted molar refractivity (Wildman–Crippen MR) is 128 cm³/mol. The van der Waals surface area contributed by atoms with Crippen LogP contribution in [0.25, 0.3) is 0 Å². The molecule has 0 amide bonds. The van der Waals surface area contributed by atoms with Crippen molar-refractivity contribution in [2.24, 2.45) is 4.99 Å². The van der Waals surface area contributed by atoms with E-state index in [-0.39, 0.29) is 35.7 Å². The number of hydrogen-bond acceptors (Lipinski definition) is 4. The maximum atomic E-state index is 14.1. The van der Waals surface area contributed by atoms with Crippen LogP contribution in [0.2, 0.25) is 0 Å². The van der Waals surface area contributed by atoms with Gasteiger partial charge in [0.25, 0.3) is 0 Å². The van der Waals surface area contributed by atoms with Crippen molar-refractivity contribution < 1.29 is 13.5 Å². The molecule has 30 heavy (non-hydrogen) atoms. The molecule has 0 saturated carbocycles. The van der Waals surface area contributed by atoms with E-state index in [0.717, 1.165) is 51.6 Å². The molecule has 2 fully saturated rings. The fourth-order valence-corrected chi connectivity index (χ4v) is 4.19. The molecule has 2 N–H and O–H groups in total. The van der Waals surface area contributed by atoms with Crippen LogP contribution in [-0.4, -0.2) is 75.9 Å². The Morgan fingerprint density at radius 2 is 2.00 bits per heavy atom. The highest BCUT2D eigenvalue weighted by Gasteiger charge is 2.28. The van der Waals surface area contributed by atoms with Gasteiger partial charge in [-0.2, -0.15) is 0 Å². The number of rotatable bonds is 8. The summed E-state index contributed by atoms with van der Waals surface area (Å²) in [5, 5.41) is 6.74. The Morgan fingerprint density at radius 3 is 2.70 bits per heavy atom. The van der Waals surface area contributed by atoms with E-state index in [1.807, 2.05) is 6.92 Å². The van der Waals surface area contributed by atoms with Gasteiger partial charge in [-0.3, -0.25) is 9.89 Å². The Morgan fingerprint density at radius 1 is 1.23 bits per heavy atom. The number of aliphatic imine (C=N–C) groups is 1. The van der Waals surface area contributed by atoms with Gasteiger partial charge in [-0.1, -0.05) is 6.07 Å². The molecule has 2 aliphatic heterocycles. The van der Waals surface area contributed by atoms with Crippen LogP contribution < -0.4 is 15.5 Å². The van der Waals surface area contributed by atoms with Crippen LogP contribution in [0.1, 0.15) is 26.2 Å². The first-order valence-corrected chi connectivity index (χ1v) is 10.6. The predicted octanol–water partition coefficient (Wildman–Crippen LogP) is 2.83. The average molecular weight is 537 g/mol. The number of methoxy groups -OCH3 is 1. The fourth-order valence-electron chi connectivity index (χ4n) is 4.19. The summed E-state index contributed by atoms with van der Waals surface area (Å²) >= 11 is 0. The lowest BCUT2D eigenvalue weighted by Crippen LogP contribution is -2.45. The van der Waals surface area contributed by atoms with Crippen LogP contribution >= 0.6 is 24.0 Å². The molecule has 0 aromatic heterocycles. The van der Waals surface area contributed by atoms with Gasteiger partial charge < -0.3 is 20.3 Å². The van der Waals surface area contributed by atoms with Crippen molar-refractivity contribution in [2.45, 2.75) is 38.3 Å². The van der Waals surface area contributed by atoms with Crippen molar-refractivity contribution in [3.8, 4) is 0 Å². The first-order valence-electron chi connectivity index (χ1n) is 10.6. The van der Waals surface area contributed by atoms with Crippen LogP contribution in [-0.2, 0) is 4.74 Å². The van der Waals surface area contributed by atoms with Gasteiger partial charge in [0.2, 0.25) is 0 Å². The minimum atomic E-state index is -0.511. The highest BCUT2D eigenvalue weighted by Crippen LogP contribution is 2.26. The van der Waals surface area contributed by atoms with E-state index in [0.29, 0.717) is 19.1 Å². The third-order valence-electron chi connectivity index (χ3n) is 5.67. The lowest BCUT2D eigenvalue weighted by atomic mass is 10.2. The summed E-state index contributed by atoms with van der Waals surface area (Å²) in [6.45, 7) is 7.47. The lowest BCUT2D eigenvalue weighted by Gasteiger charge is -2.24. The molecule has 1 aromatic carbocycles. The van der Waals surface area contributed by atoms with E-state index in [1.54, 1.807) is 12.0 Å². The maximum absolute atomic E-state index is 14.1. The number of benzene rings is 1. The monoisotopic (exact) mass is 537 g/mol. The Hall–Kier alpha value is -1.20. The van der Waals surface area contributed by atoms with E-state index < -0.39 is 11.6 Å². The zero-order chi connectivity index (χ0) is 20.6. The van der Waals surface area contributed by atoms with E-state index in [4.69, 9.17) is 9.73 Å². The van der Waals surface area contributed by atoms with Gasteiger partial charge in [0.1, 0.15) is 17.3 Å². The standard InChI is InChI=1S/C21H33F2N5O.HI/c1-3-24-21(25-14-17-6-5-10-27(17)12-13-29-2)26-16-9-11-28(15-16)20-18(22)7-4-8-19(20)23;/h4,7-8,16-17H,3,5-6,9-15H2,1-2H3,(H2,24,25,26);1H. The van der Waals surface area contributed by atoms with Crippen molar-refractivity contribution in [2.75, 3.05) is 57.9 Å². The molecule has 0 radical (unpaired) electrons. The molecule has 2 heterocycles. The number of hydrogen-bond donors (Lipinski definition) is 2. The van der Waals surface area contributed by atoms with Gasteiger partial charge in [0.15, 0.2) is 5.96 Å². The van der Waals surface area contributed by atoms with E-state index in [1.165, 1.54) is 24.6 Å². The highest BCUT2D eigenvalue weighted by molar-refractivity contribution is 14.0. The molecule has 1 aromatic rings. The van der Waals surface area contributed by atoms with E-state index >= 15 is 0 Å². The molecule has 6 nitrogen and oxygen atoms in total. The summed E-state index contributed by atoms with van der Waals surface area (Å²) in [6, 6.07) is 4.55. The molecule has 9 heteroatoms. The SMILES string of the molecule is CCNC(=NCC1CCCN1CCOC)NC1CCN(c2c(F)cccc2F)C1.I. The second-order valence-electron chi connectivity index (χ2n) is 7.69. The number of nitrogens with one attached hydrogen (secondary N) is 2. The summed E-state index contributed by atoms with van der Waals surface area (Å²) in [4.78, 5) is 9.01. The quantitative estimate of drug-likeness (QED) is 0.304. The maximum Gasteiger partial charge on any atom is 0.191 e. The van der Waals surface area contributed by atoms with Crippen molar-refractivity contribution in [3.63, 3.8) is 0 Å². The fraction of sp³-hybridized carbons (Fsp3) is 0.667. The van der Waals surface area contributed by atoms with Crippen LogP contribution in [0.4, 0.5) is 14.5 Å². The second-order valence-corrected chi connectivity index (χ2v) is 7.69. The zero-order valence-electron chi connectivity index (χ0n) is 17.9. The Balaban J connectivity index is 0.00000320. The van der Waals surface area contributed by atoms with Crippen LogP contribution in [0.15, 0.2) is 23.2 Å². The number of likely N-dealkylation sites (tertiary alicyclic amines) is 1. The molecule has 2 unspecified atom stereocenters. The first kappa shape index (κ1) is 25.1. The summed E-state index contributed by atoms with van der Waals surface area (Å²) < 4.78 is 33.4. The largest absolute Gasteiger partial charge is 0.383 e. The van der Waals surface area contributed by atoms with Crippen molar-refractivity contribution in [1.29, 1.82) is 0 Å². The lowest BCUT2D eigenvalue weighted by molar-refractivity contribution is 0.142. The van der Waals surface area contributed by atoms with Gasteiger partial charge in [0.05, 0.1) is 13.2 Å². The Labute approximate surface area is 195 Å². The minimum Gasteiger partial charge on any atom is -0.383 e. The Kier molecular flexibility index (Phi) is 10.5. The smallest absolute Gasteiger partial charge is 0.191 e. The zero-order valence-corrected chi connectivity index (χ0v) is 20.2. The van der Waals surface area contributed by atoms with E-state index in [2.05, 4.69) is 15.5 Å². The molecule has 0 spiro atoms. The van der Waals surface area contributed by atoms with Gasteiger partial charge in [0, 0.05) is 45.4 Å². The number of halogens is 3. The normalized spacial score (nSPS) is 22.3. The Bertz CT molecular complexity index is 673. The van der Waals surface area contributed by atoms with Crippen molar-refractivity contribution in [3.05, 3.63) is 29.8 Å². The number of anilines is 1. The van der Waals surface area contributed by atoms with Crippen molar-refractivity contribution in [1.82, 2.24) is 15.5 Å². The highest BCUT2D eigenvalue weighted by atomic mass is 127. The van der Waals surface area contributed by atoms with Crippen LogP contribution in [0, 0.1) is 11.6 Å². The number of ether oxygens (including phenoxy) is 1. The molecule has 2 atom stereocenters. The molecule has 3 rings (SSSR count).